The topological polar surface area (TPSA) is 32.3 Å². The summed E-state index contributed by atoms with van der Waals surface area (Å²) in [6, 6.07) is 0.448. The van der Waals surface area contributed by atoms with Crippen molar-refractivity contribution in [2.75, 3.05) is 20.1 Å². The van der Waals surface area contributed by atoms with Crippen molar-refractivity contribution in [2.45, 2.75) is 38.6 Å². The number of nitrogens with one attached hydrogen (secondary N) is 1. The number of likely N-dealkylation sites (N-methyl/N-ethyl adjacent to an activating group) is 1. The normalized spacial score (nSPS) is 28.1. The van der Waals surface area contributed by atoms with Gasteiger partial charge in [0.1, 0.15) is 0 Å². The van der Waals surface area contributed by atoms with Gasteiger partial charge in [0.25, 0.3) is 0 Å². The molecule has 3 heteroatoms. The van der Waals surface area contributed by atoms with E-state index in [2.05, 4.69) is 17.1 Å². The Morgan fingerprint density at radius 3 is 2.80 bits per heavy atom. The Hall–Kier alpha value is -0.570. The molecule has 0 aromatic heterocycles. The van der Waals surface area contributed by atoms with Crippen LogP contribution < -0.4 is 5.32 Å². The summed E-state index contributed by atoms with van der Waals surface area (Å²) < 4.78 is 0. The first-order valence-electron chi connectivity index (χ1n) is 6.19. The fourth-order valence-corrected chi connectivity index (χ4v) is 2.63. The highest BCUT2D eigenvalue weighted by Gasteiger charge is 2.38. The van der Waals surface area contributed by atoms with Gasteiger partial charge < -0.3 is 10.2 Å². The fourth-order valence-electron chi connectivity index (χ4n) is 2.63. The highest BCUT2D eigenvalue weighted by molar-refractivity contribution is 5.79. The van der Waals surface area contributed by atoms with E-state index in [1.54, 1.807) is 0 Å². The zero-order valence-corrected chi connectivity index (χ0v) is 9.83. The molecule has 0 aromatic carbocycles. The van der Waals surface area contributed by atoms with E-state index in [1.807, 2.05) is 7.05 Å². The average molecular weight is 210 g/mol. The molecule has 1 aliphatic heterocycles. The number of hydrogen-bond donors (Lipinski definition) is 1. The number of rotatable bonds is 4. The van der Waals surface area contributed by atoms with Gasteiger partial charge in [-0.15, -0.1) is 0 Å². The summed E-state index contributed by atoms with van der Waals surface area (Å²) in [5.41, 5.74) is 0. The van der Waals surface area contributed by atoms with E-state index < -0.39 is 0 Å². The van der Waals surface area contributed by atoms with Crippen LogP contribution in [0.3, 0.4) is 0 Å². The van der Waals surface area contributed by atoms with Crippen molar-refractivity contribution in [3.63, 3.8) is 0 Å². The summed E-state index contributed by atoms with van der Waals surface area (Å²) in [6.07, 6.45) is 4.87. The van der Waals surface area contributed by atoms with Gasteiger partial charge in [-0.2, -0.15) is 0 Å². The van der Waals surface area contributed by atoms with Gasteiger partial charge in [-0.3, -0.25) is 4.79 Å². The van der Waals surface area contributed by atoms with Gasteiger partial charge in [0.15, 0.2) is 0 Å². The molecule has 0 radical (unpaired) electrons. The molecule has 0 aromatic rings. The minimum absolute atomic E-state index is 0.266. The maximum atomic E-state index is 12.2. The first-order chi connectivity index (χ1) is 7.24. The maximum absolute atomic E-state index is 12.2. The minimum Gasteiger partial charge on any atom is -0.338 e. The molecule has 2 fully saturated rings. The van der Waals surface area contributed by atoms with E-state index in [0.717, 1.165) is 13.1 Å². The van der Waals surface area contributed by atoms with Crippen molar-refractivity contribution >= 4 is 5.91 Å². The van der Waals surface area contributed by atoms with Crippen molar-refractivity contribution in [3.8, 4) is 0 Å². The van der Waals surface area contributed by atoms with Gasteiger partial charge in [-0.25, -0.2) is 0 Å². The summed E-state index contributed by atoms with van der Waals surface area (Å²) >= 11 is 0. The largest absolute Gasteiger partial charge is 0.338 e. The Bertz CT molecular complexity index is 238. The van der Waals surface area contributed by atoms with Crippen LogP contribution in [0.4, 0.5) is 0 Å². The van der Waals surface area contributed by atoms with Gasteiger partial charge in [-0.05, 0) is 38.6 Å². The summed E-state index contributed by atoms with van der Waals surface area (Å²) in [6.45, 7) is 4.03. The highest BCUT2D eigenvalue weighted by atomic mass is 16.2. The maximum Gasteiger partial charge on any atom is 0.225 e. The van der Waals surface area contributed by atoms with E-state index in [9.17, 15) is 4.79 Å². The first-order valence-corrected chi connectivity index (χ1v) is 6.19. The smallest absolute Gasteiger partial charge is 0.225 e. The fraction of sp³-hybridized carbons (Fsp3) is 0.917. The highest BCUT2D eigenvalue weighted by Crippen LogP contribution is 2.38. The molecule has 15 heavy (non-hydrogen) atoms. The van der Waals surface area contributed by atoms with Crippen molar-refractivity contribution in [1.29, 1.82) is 0 Å². The number of hydrogen-bond acceptors (Lipinski definition) is 2. The summed E-state index contributed by atoms with van der Waals surface area (Å²) in [7, 11) is 1.96. The van der Waals surface area contributed by atoms with Crippen molar-refractivity contribution in [2.24, 2.45) is 11.8 Å². The van der Waals surface area contributed by atoms with E-state index in [-0.39, 0.29) is 5.92 Å². The van der Waals surface area contributed by atoms with Crippen molar-refractivity contribution in [1.82, 2.24) is 10.2 Å². The molecule has 1 aliphatic carbocycles. The lowest BCUT2D eigenvalue weighted by molar-refractivity contribution is -0.136. The molecule has 0 bridgehead atoms. The third kappa shape index (κ3) is 2.33. The molecule has 3 nitrogen and oxygen atoms in total. The molecular weight excluding hydrogens is 188 g/mol. The third-order valence-electron chi connectivity index (χ3n) is 3.82. The van der Waals surface area contributed by atoms with Gasteiger partial charge >= 0.3 is 0 Å². The zero-order chi connectivity index (χ0) is 10.8. The van der Waals surface area contributed by atoms with Gasteiger partial charge in [0, 0.05) is 25.0 Å². The molecule has 1 saturated heterocycles. The molecular formula is C12H22N2O. The van der Waals surface area contributed by atoms with E-state index in [0.29, 0.717) is 17.9 Å². The minimum atomic E-state index is 0.266. The second-order valence-electron chi connectivity index (χ2n) is 5.01. The predicted octanol–water partition coefficient (Wildman–Crippen LogP) is 1.24. The van der Waals surface area contributed by atoms with Crippen LogP contribution in [0.2, 0.25) is 0 Å². The van der Waals surface area contributed by atoms with Gasteiger partial charge in [0.2, 0.25) is 5.91 Å². The lowest BCUT2D eigenvalue weighted by Gasteiger charge is -2.27. The number of likely N-dealkylation sites (tertiary alicyclic amines) is 1. The molecule has 1 saturated carbocycles. The number of carbonyl (C=O) groups excluding carboxylic acids is 1. The van der Waals surface area contributed by atoms with Crippen LogP contribution >= 0.6 is 0 Å². The molecule has 2 aliphatic rings. The molecule has 2 atom stereocenters. The van der Waals surface area contributed by atoms with Crippen LogP contribution in [0.25, 0.3) is 0 Å². The quantitative estimate of drug-likeness (QED) is 0.757. The lowest BCUT2D eigenvalue weighted by atomic mass is 10.0. The van der Waals surface area contributed by atoms with Crippen LogP contribution in [0, 0.1) is 11.8 Å². The Balaban J connectivity index is 1.92. The average Bonchev–Trinajstić information content (AvgIpc) is 2.98. The molecule has 2 unspecified atom stereocenters. The van der Waals surface area contributed by atoms with Crippen LogP contribution in [0.1, 0.15) is 32.6 Å². The third-order valence-corrected chi connectivity index (χ3v) is 3.82. The van der Waals surface area contributed by atoms with Crippen LogP contribution in [0.5, 0.6) is 0 Å². The summed E-state index contributed by atoms with van der Waals surface area (Å²) in [5, 5.41) is 3.18. The molecule has 86 valence electrons. The van der Waals surface area contributed by atoms with E-state index in [4.69, 9.17) is 0 Å². The van der Waals surface area contributed by atoms with Crippen LogP contribution in [0.15, 0.2) is 0 Å². The second-order valence-corrected chi connectivity index (χ2v) is 5.01. The lowest BCUT2D eigenvalue weighted by Crippen LogP contribution is -2.43. The number of amides is 1. The SMILES string of the molecule is CNCC1CCCN1C(=O)C(C)C1CC1. The molecule has 0 spiro atoms. The number of nitrogens with zero attached hydrogens (tertiary/aromatic N) is 1. The Kier molecular flexibility index (Phi) is 3.29. The number of carbonyl (C=O) groups is 1. The van der Waals surface area contributed by atoms with Gasteiger partial charge in [-0.1, -0.05) is 6.92 Å². The predicted molar refractivity (Wildman–Crippen MR) is 60.5 cm³/mol. The molecule has 1 N–H and O–H groups in total. The van der Waals surface area contributed by atoms with Crippen molar-refractivity contribution in [3.05, 3.63) is 0 Å². The van der Waals surface area contributed by atoms with Crippen molar-refractivity contribution < 1.29 is 4.79 Å². The monoisotopic (exact) mass is 210 g/mol. The van der Waals surface area contributed by atoms with Crippen LogP contribution in [-0.2, 0) is 4.79 Å². The van der Waals surface area contributed by atoms with Gasteiger partial charge in [0.05, 0.1) is 0 Å². The summed E-state index contributed by atoms with van der Waals surface area (Å²) in [4.78, 5) is 14.3. The molecule has 1 amide bonds. The first kappa shape index (κ1) is 10.9. The zero-order valence-electron chi connectivity index (χ0n) is 9.83. The summed E-state index contributed by atoms with van der Waals surface area (Å²) in [5.74, 6) is 1.35. The van der Waals surface area contributed by atoms with E-state index in [1.165, 1.54) is 25.7 Å². The standard InChI is InChI=1S/C12H22N2O/c1-9(10-5-6-10)12(15)14-7-3-4-11(14)8-13-2/h9-11,13H,3-8H2,1-2H3. The Labute approximate surface area is 92.2 Å². The molecule has 2 rings (SSSR count). The molecule has 1 heterocycles. The van der Waals surface area contributed by atoms with Crippen LogP contribution in [-0.4, -0.2) is 37.0 Å². The van der Waals surface area contributed by atoms with E-state index >= 15 is 0 Å². The Morgan fingerprint density at radius 1 is 1.47 bits per heavy atom. The second kappa shape index (κ2) is 4.52. The Morgan fingerprint density at radius 2 is 2.20 bits per heavy atom.